The molecule has 0 aromatic carbocycles. The van der Waals surface area contributed by atoms with Gasteiger partial charge in [-0.05, 0) is 50.2 Å². The molecule has 2 aliphatic rings. The molecule has 130 valence electrons. The number of hydrogen-bond donors (Lipinski definition) is 1. The van der Waals surface area contributed by atoms with E-state index in [0.29, 0.717) is 4.88 Å². The molecule has 0 atom stereocenters. The van der Waals surface area contributed by atoms with Crippen LogP contribution in [0.15, 0.2) is 6.07 Å². The molecule has 1 aromatic heterocycles. The maximum Gasteiger partial charge on any atom is 0.348 e. The number of likely N-dealkylation sites (N-methyl/N-ethyl adjacent to an activating group) is 1. The molecule has 0 bridgehead atoms. The van der Waals surface area contributed by atoms with Gasteiger partial charge < -0.3 is 15.0 Å². The summed E-state index contributed by atoms with van der Waals surface area (Å²) in [6, 6.07) is 2.15. The van der Waals surface area contributed by atoms with E-state index in [4.69, 9.17) is 4.74 Å². The highest BCUT2D eigenvalue weighted by Crippen LogP contribution is 2.30. The first-order chi connectivity index (χ1) is 11.5. The molecule has 0 unspecified atom stereocenters. The molecule has 24 heavy (non-hydrogen) atoms. The summed E-state index contributed by atoms with van der Waals surface area (Å²) in [5.41, 5.74) is 1.23. The zero-order valence-electron chi connectivity index (χ0n) is 13.8. The van der Waals surface area contributed by atoms with Gasteiger partial charge in [0.1, 0.15) is 4.88 Å². The van der Waals surface area contributed by atoms with Crippen LogP contribution in [0, 0.1) is 0 Å². The molecule has 6 nitrogen and oxygen atoms in total. The maximum absolute atomic E-state index is 12.1. The second-order valence-corrected chi connectivity index (χ2v) is 7.57. The van der Waals surface area contributed by atoms with Gasteiger partial charge in [0.2, 0.25) is 5.91 Å². The minimum atomic E-state index is -0.460. The van der Waals surface area contributed by atoms with Gasteiger partial charge in [-0.25, -0.2) is 4.79 Å². The summed E-state index contributed by atoms with van der Waals surface area (Å²) < 4.78 is 5.11. The largest absolute Gasteiger partial charge is 0.451 e. The van der Waals surface area contributed by atoms with Gasteiger partial charge in [-0.3, -0.25) is 9.59 Å². The second kappa shape index (κ2) is 7.34. The first-order valence-corrected chi connectivity index (χ1v) is 9.16. The standard InChI is InChI=1S/C17H22N2O4S/c1-19(9-15(20)18-12-6-7-12)16(21)10-23-17(22)14-8-11-4-2-3-5-13(11)24-14/h8,12H,2-7,9-10H2,1H3,(H,18,20). The van der Waals surface area contributed by atoms with E-state index in [1.54, 1.807) is 0 Å². The Kier molecular flexibility index (Phi) is 5.18. The Labute approximate surface area is 145 Å². The molecule has 1 fully saturated rings. The number of thiophene rings is 1. The van der Waals surface area contributed by atoms with Gasteiger partial charge in [0.05, 0.1) is 6.54 Å². The topological polar surface area (TPSA) is 75.7 Å². The summed E-state index contributed by atoms with van der Waals surface area (Å²) in [5.74, 6) is -1.01. The van der Waals surface area contributed by atoms with Crippen LogP contribution in [0.5, 0.6) is 0 Å². The number of nitrogens with zero attached hydrogens (tertiary/aromatic N) is 1. The zero-order valence-corrected chi connectivity index (χ0v) is 14.6. The monoisotopic (exact) mass is 350 g/mol. The molecule has 7 heteroatoms. The molecule has 1 heterocycles. The van der Waals surface area contributed by atoms with Gasteiger partial charge in [0, 0.05) is 18.0 Å². The van der Waals surface area contributed by atoms with Crippen molar-refractivity contribution < 1.29 is 19.1 Å². The number of hydrogen-bond acceptors (Lipinski definition) is 5. The lowest BCUT2D eigenvalue weighted by atomic mass is 9.99. The highest BCUT2D eigenvalue weighted by atomic mass is 32.1. The van der Waals surface area contributed by atoms with Crippen molar-refractivity contribution in [2.75, 3.05) is 20.2 Å². The summed E-state index contributed by atoms with van der Waals surface area (Å²) >= 11 is 1.46. The Balaban J connectivity index is 1.45. The fourth-order valence-electron chi connectivity index (χ4n) is 2.70. The minimum Gasteiger partial charge on any atom is -0.451 e. The van der Waals surface area contributed by atoms with Gasteiger partial charge in [-0.2, -0.15) is 0 Å². The summed E-state index contributed by atoms with van der Waals surface area (Å²) in [4.78, 5) is 38.9. The molecule has 1 N–H and O–H groups in total. The molecular formula is C17H22N2O4S. The Morgan fingerprint density at radius 2 is 2.04 bits per heavy atom. The fraction of sp³-hybridized carbons (Fsp3) is 0.588. The number of carbonyl (C=O) groups excluding carboxylic acids is 3. The molecular weight excluding hydrogens is 328 g/mol. The Morgan fingerprint density at radius 1 is 1.29 bits per heavy atom. The third-order valence-corrected chi connectivity index (χ3v) is 5.49. The number of aryl methyl sites for hydroxylation is 2. The summed E-state index contributed by atoms with van der Waals surface area (Å²) in [5, 5.41) is 2.82. The Bertz CT molecular complexity index is 628. The molecule has 0 saturated heterocycles. The fourth-order valence-corrected chi connectivity index (χ4v) is 3.85. The number of rotatable bonds is 6. The van der Waals surface area contributed by atoms with Gasteiger partial charge >= 0.3 is 5.97 Å². The molecule has 0 aliphatic heterocycles. The van der Waals surface area contributed by atoms with Crippen molar-refractivity contribution in [3.8, 4) is 0 Å². The zero-order chi connectivity index (χ0) is 17.1. The summed E-state index contributed by atoms with van der Waals surface area (Å²) in [6.45, 7) is -0.352. The van der Waals surface area contributed by atoms with Crippen molar-refractivity contribution in [3.05, 3.63) is 21.4 Å². The predicted molar refractivity (Wildman–Crippen MR) is 90.0 cm³/mol. The van der Waals surface area contributed by atoms with E-state index in [-0.39, 0.29) is 31.0 Å². The SMILES string of the molecule is CN(CC(=O)NC1CC1)C(=O)COC(=O)c1cc2c(s1)CCCC2. The molecule has 1 aromatic rings. The van der Waals surface area contributed by atoms with E-state index in [0.717, 1.165) is 38.5 Å². The first kappa shape index (κ1) is 17.0. The van der Waals surface area contributed by atoms with Gasteiger partial charge in [-0.15, -0.1) is 11.3 Å². The third-order valence-electron chi connectivity index (χ3n) is 4.27. The van der Waals surface area contributed by atoms with Crippen molar-refractivity contribution in [2.45, 2.75) is 44.6 Å². The van der Waals surface area contributed by atoms with Crippen LogP contribution in [0.3, 0.4) is 0 Å². The van der Waals surface area contributed by atoms with Crippen LogP contribution < -0.4 is 5.32 Å². The lowest BCUT2D eigenvalue weighted by Gasteiger charge is -2.16. The number of amides is 2. The van der Waals surface area contributed by atoms with E-state index >= 15 is 0 Å². The molecule has 2 amide bonds. The highest BCUT2D eigenvalue weighted by molar-refractivity contribution is 7.14. The number of ether oxygens (including phenoxy) is 1. The summed E-state index contributed by atoms with van der Waals surface area (Å²) in [6.07, 6.45) is 6.36. The van der Waals surface area contributed by atoms with E-state index in [2.05, 4.69) is 5.32 Å². The van der Waals surface area contributed by atoms with Crippen LogP contribution in [-0.2, 0) is 27.2 Å². The van der Waals surface area contributed by atoms with E-state index < -0.39 is 5.97 Å². The van der Waals surface area contributed by atoms with Crippen molar-refractivity contribution in [3.63, 3.8) is 0 Å². The average molecular weight is 350 g/mol. The van der Waals surface area contributed by atoms with Crippen LogP contribution in [0.2, 0.25) is 0 Å². The number of carbonyl (C=O) groups is 3. The Morgan fingerprint density at radius 3 is 2.75 bits per heavy atom. The van der Waals surface area contributed by atoms with E-state index in [9.17, 15) is 14.4 Å². The lowest BCUT2D eigenvalue weighted by molar-refractivity contribution is -0.137. The quantitative estimate of drug-likeness (QED) is 0.790. The molecule has 3 rings (SSSR count). The number of nitrogens with one attached hydrogen (secondary N) is 1. The predicted octanol–water partition coefficient (Wildman–Crippen LogP) is 1.52. The van der Waals surface area contributed by atoms with Crippen LogP contribution in [0.1, 0.15) is 45.8 Å². The minimum absolute atomic E-state index is 0.0137. The number of fused-ring (bicyclic) bond motifs is 1. The first-order valence-electron chi connectivity index (χ1n) is 8.35. The van der Waals surface area contributed by atoms with Gasteiger partial charge in [-0.1, -0.05) is 0 Å². The third kappa shape index (κ3) is 4.35. The van der Waals surface area contributed by atoms with Gasteiger partial charge in [0.25, 0.3) is 5.91 Å². The Hall–Kier alpha value is -1.89. The van der Waals surface area contributed by atoms with E-state index in [1.165, 1.54) is 33.7 Å². The molecule has 2 aliphatic carbocycles. The van der Waals surface area contributed by atoms with Crippen LogP contribution in [0.4, 0.5) is 0 Å². The smallest absolute Gasteiger partial charge is 0.348 e. The van der Waals surface area contributed by atoms with Crippen LogP contribution in [-0.4, -0.2) is 48.9 Å². The lowest BCUT2D eigenvalue weighted by Crippen LogP contribution is -2.40. The highest BCUT2D eigenvalue weighted by Gasteiger charge is 2.25. The van der Waals surface area contributed by atoms with Crippen LogP contribution in [0.25, 0.3) is 0 Å². The van der Waals surface area contributed by atoms with Crippen molar-refractivity contribution >= 4 is 29.1 Å². The van der Waals surface area contributed by atoms with E-state index in [1.807, 2.05) is 6.07 Å². The van der Waals surface area contributed by atoms with Gasteiger partial charge in [0.15, 0.2) is 6.61 Å². The number of esters is 1. The van der Waals surface area contributed by atoms with Crippen LogP contribution >= 0.6 is 11.3 Å². The van der Waals surface area contributed by atoms with Crippen molar-refractivity contribution in [2.24, 2.45) is 0 Å². The average Bonchev–Trinajstić information content (AvgIpc) is 3.26. The molecule has 0 radical (unpaired) electrons. The van der Waals surface area contributed by atoms with Crippen molar-refractivity contribution in [1.29, 1.82) is 0 Å². The second-order valence-electron chi connectivity index (χ2n) is 6.43. The summed E-state index contributed by atoms with van der Waals surface area (Å²) in [7, 11) is 1.53. The molecule has 1 saturated carbocycles. The molecule has 0 spiro atoms. The maximum atomic E-state index is 12.1. The normalized spacial score (nSPS) is 16.2. The van der Waals surface area contributed by atoms with Crippen molar-refractivity contribution in [1.82, 2.24) is 10.2 Å².